The van der Waals surface area contributed by atoms with Crippen LogP contribution < -0.4 is 4.80 Å². The maximum atomic E-state index is 13.0. The topological polar surface area (TPSA) is 77.5 Å². The van der Waals surface area contributed by atoms with Crippen LogP contribution in [0, 0.1) is 28.3 Å². The molecule has 1 amide bonds. The van der Waals surface area contributed by atoms with Gasteiger partial charge in [-0.2, -0.15) is 4.99 Å². The van der Waals surface area contributed by atoms with E-state index in [1.165, 1.54) is 36.4 Å². The second kappa shape index (κ2) is 6.67. The zero-order valence-corrected chi connectivity index (χ0v) is 13.5. The summed E-state index contributed by atoms with van der Waals surface area (Å²) in [6.07, 6.45) is 5.37. The first-order valence-electron chi connectivity index (χ1n) is 7.05. The Hall–Kier alpha value is -3.31. The molecule has 0 bridgehead atoms. The van der Waals surface area contributed by atoms with Gasteiger partial charge in [-0.25, -0.2) is 4.39 Å². The molecule has 1 aromatic heterocycles. The summed E-state index contributed by atoms with van der Waals surface area (Å²) in [5.74, 6) is 1.48. The Labute approximate surface area is 145 Å². The van der Waals surface area contributed by atoms with Crippen LogP contribution >= 0.6 is 11.3 Å². The van der Waals surface area contributed by atoms with E-state index in [2.05, 4.69) is 10.9 Å². The predicted octanol–water partition coefficient (Wildman–Crippen LogP) is 3.12. The summed E-state index contributed by atoms with van der Waals surface area (Å²) in [6, 6.07) is 9.37. The van der Waals surface area contributed by atoms with Crippen LogP contribution in [0.2, 0.25) is 0 Å². The number of halogens is 1. The van der Waals surface area contributed by atoms with Crippen molar-refractivity contribution in [1.29, 1.82) is 0 Å². The molecule has 8 heteroatoms. The van der Waals surface area contributed by atoms with Gasteiger partial charge in [0.2, 0.25) is 0 Å². The third-order valence-electron chi connectivity index (χ3n) is 3.41. The summed E-state index contributed by atoms with van der Waals surface area (Å²) in [4.78, 5) is 27.1. The van der Waals surface area contributed by atoms with E-state index in [1.807, 2.05) is 0 Å². The van der Waals surface area contributed by atoms with Crippen LogP contribution in [0.15, 0.2) is 47.5 Å². The highest BCUT2D eigenvalue weighted by Gasteiger charge is 2.13. The van der Waals surface area contributed by atoms with Gasteiger partial charge in [0, 0.05) is 17.7 Å². The summed E-state index contributed by atoms with van der Waals surface area (Å²) >= 11 is 1.12. The molecule has 6 nitrogen and oxygen atoms in total. The molecule has 0 saturated carbocycles. The maximum absolute atomic E-state index is 13.0. The SMILES string of the molecule is C#CCn1c(=NC(=O)c2ccc(F)cc2)sc2cc([N+](=O)[O-])ccc21. The van der Waals surface area contributed by atoms with Crippen molar-refractivity contribution in [3.63, 3.8) is 0 Å². The van der Waals surface area contributed by atoms with Crippen molar-refractivity contribution in [2.45, 2.75) is 6.54 Å². The fraction of sp³-hybridized carbons (Fsp3) is 0.0588. The number of non-ortho nitro benzene ring substituents is 1. The smallest absolute Gasteiger partial charge is 0.279 e. The fourth-order valence-electron chi connectivity index (χ4n) is 2.25. The standard InChI is InChI=1S/C17H10FN3O3S/c1-2-9-20-14-8-7-13(21(23)24)10-15(14)25-17(20)19-16(22)11-3-5-12(18)6-4-11/h1,3-8,10H,9H2. The Bertz CT molecular complexity index is 1090. The lowest BCUT2D eigenvalue weighted by molar-refractivity contribution is -0.384. The van der Waals surface area contributed by atoms with E-state index in [0.29, 0.717) is 15.0 Å². The number of nitro benzene ring substituents is 1. The van der Waals surface area contributed by atoms with Gasteiger partial charge in [0.25, 0.3) is 11.6 Å². The molecule has 1 heterocycles. The summed E-state index contributed by atoms with van der Waals surface area (Å²) in [5.41, 5.74) is 0.828. The van der Waals surface area contributed by atoms with Crippen molar-refractivity contribution in [3.05, 3.63) is 68.8 Å². The van der Waals surface area contributed by atoms with Crippen LogP contribution in [0.5, 0.6) is 0 Å². The molecule has 124 valence electrons. The molecule has 0 fully saturated rings. The summed E-state index contributed by atoms with van der Waals surface area (Å²) in [5, 5.41) is 10.9. The molecule has 3 aromatic rings. The molecule has 0 spiro atoms. The Morgan fingerprint density at radius 2 is 2.04 bits per heavy atom. The van der Waals surface area contributed by atoms with E-state index < -0.39 is 16.6 Å². The van der Waals surface area contributed by atoms with E-state index in [0.717, 1.165) is 11.3 Å². The van der Waals surface area contributed by atoms with Crippen LogP contribution in [-0.4, -0.2) is 15.4 Å². The molecule has 0 atom stereocenters. The molecule has 0 aliphatic rings. The molecule has 3 rings (SSSR count). The molecule has 25 heavy (non-hydrogen) atoms. The number of fused-ring (bicyclic) bond motifs is 1. The van der Waals surface area contributed by atoms with Crippen molar-refractivity contribution in [2.24, 2.45) is 4.99 Å². The van der Waals surface area contributed by atoms with Crippen molar-refractivity contribution in [2.75, 3.05) is 0 Å². The first-order chi connectivity index (χ1) is 12.0. The first kappa shape index (κ1) is 16.5. The molecular weight excluding hydrogens is 345 g/mol. The monoisotopic (exact) mass is 355 g/mol. The quantitative estimate of drug-likeness (QED) is 0.411. The third kappa shape index (κ3) is 3.32. The highest BCUT2D eigenvalue weighted by atomic mass is 32.1. The number of carbonyl (C=O) groups is 1. The largest absolute Gasteiger partial charge is 0.305 e. The highest BCUT2D eigenvalue weighted by molar-refractivity contribution is 7.16. The lowest BCUT2D eigenvalue weighted by Crippen LogP contribution is -2.16. The minimum absolute atomic E-state index is 0.0574. The fourth-order valence-corrected chi connectivity index (χ4v) is 3.31. The summed E-state index contributed by atoms with van der Waals surface area (Å²) < 4.78 is 15.2. The molecule has 0 unspecified atom stereocenters. The average Bonchev–Trinajstić information content (AvgIpc) is 2.92. The zero-order valence-electron chi connectivity index (χ0n) is 12.7. The van der Waals surface area contributed by atoms with Crippen molar-refractivity contribution >= 4 is 33.1 Å². The van der Waals surface area contributed by atoms with Gasteiger partial charge in [0.15, 0.2) is 4.80 Å². The van der Waals surface area contributed by atoms with E-state index >= 15 is 0 Å². The van der Waals surface area contributed by atoms with Crippen LogP contribution in [0.25, 0.3) is 10.2 Å². The highest BCUT2D eigenvalue weighted by Crippen LogP contribution is 2.23. The number of thiazole rings is 1. The van der Waals surface area contributed by atoms with Crippen molar-refractivity contribution < 1.29 is 14.1 Å². The number of hydrogen-bond donors (Lipinski definition) is 0. The number of carbonyl (C=O) groups excluding carboxylic acids is 1. The number of nitrogens with zero attached hydrogens (tertiary/aromatic N) is 3. The van der Waals surface area contributed by atoms with E-state index in [4.69, 9.17) is 6.42 Å². The number of terminal acetylenes is 1. The Morgan fingerprint density at radius 1 is 1.32 bits per heavy atom. The van der Waals surface area contributed by atoms with Crippen LogP contribution in [0.4, 0.5) is 10.1 Å². The first-order valence-corrected chi connectivity index (χ1v) is 7.87. The summed E-state index contributed by atoms with van der Waals surface area (Å²) in [6.45, 7) is 0.160. The molecule has 0 saturated heterocycles. The van der Waals surface area contributed by atoms with Gasteiger partial charge in [0.1, 0.15) is 5.82 Å². The van der Waals surface area contributed by atoms with Gasteiger partial charge in [-0.15, -0.1) is 6.42 Å². The minimum Gasteiger partial charge on any atom is -0.305 e. The molecule has 2 aromatic carbocycles. The van der Waals surface area contributed by atoms with Crippen LogP contribution in [0.1, 0.15) is 10.4 Å². The second-order valence-electron chi connectivity index (χ2n) is 5.01. The maximum Gasteiger partial charge on any atom is 0.279 e. The van der Waals surface area contributed by atoms with Gasteiger partial charge in [-0.05, 0) is 30.3 Å². The third-order valence-corrected chi connectivity index (χ3v) is 4.46. The van der Waals surface area contributed by atoms with Gasteiger partial charge in [-0.1, -0.05) is 17.3 Å². The zero-order chi connectivity index (χ0) is 18.0. The number of hydrogen-bond acceptors (Lipinski definition) is 4. The Morgan fingerprint density at radius 3 is 2.68 bits per heavy atom. The van der Waals surface area contributed by atoms with Crippen molar-refractivity contribution in [1.82, 2.24) is 4.57 Å². The molecule has 0 aliphatic carbocycles. The molecule has 0 N–H and O–H groups in total. The van der Waals surface area contributed by atoms with Gasteiger partial charge in [-0.3, -0.25) is 14.9 Å². The van der Waals surface area contributed by atoms with Gasteiger partial charge in [0.05, 0.1) is 21.7 Å². The Balaban J connectivity index is 2.15. The van der Waals surface area contributed by atoms with Crippen molar-refractivity contribution in [3.8, 4) is 12.3 Å². The van der Waals surface area contributed by atoms with E-state index in [9.17, 15) is 19.3 Å². The normalized spacial score (nSPS) is 11.4. The molecule has 0 aliphatic heterocycles. The van der Waals surface area contributed by atoms with Gasteiger partial charge >= 0.3 is 0 Å². The number of nitro groups is 1. The Kier molecular flexibility index (Phi) is 4.41. The predicted molar refractivity (Wildman–Crippen MR) is 91.6 cm³/mol. The van der Waals surface area contributed by atoms with Gasteiger partial charge < -0.3 is 4.57 Å². The van der Waals surface area contributed by atoms with Crippen LogP contribution in [-0.2, 0) is 6.54 Å². The lowest BCUT2D eigenvalue weighted by atomic mass is 10.2. The molecular formula is C17H10FN3O3S. The number of benzene rings is 2. The summed E-state index contributed by atoms with van der Waals surface area (Å²) in [7, 11) is 0. The van der Waals surface area contributed by atoms with Crippen LogP contribution in [0.3, 0.4) is 0 Å². The lowest BCUT2D eigenvalue weighted by Gasteiger charge is -1.99. The number of rotatable bonds is 3. The van der Waals surface area contributed by atoms with E-state index in [-0.39, 0.29) is 17.8 Å². The minimum atomic E-state index is -0.549. The second-order valence-corrected chi connectivity index (χ2v) is 6.02. The molecule has 0 radical (unpaired) electrons. The number of aromatic nitrogens is 1. The van der Waals surface area contributed by atoms with E-state index in [1.54, 1.807) is 10.6 Å². The number of amides is 1. The average molecular weight is 355 g/mol.